The fourth-order valence-corrected chi connectivity index (χ4v) is 1.49. The first-order chi connectivity index (χ1) is 9.20. The van der Waals surface area contributed by atoms with Gasteiger partial charge in [-0.1, -0.05) is 0 Å². The highest BCUT2D eigenvalue weighted by Gasteiger charge is 2.35. The van der Waals surface area contributed by atoms with Gasteiger partial charge in [0.2, 0.25) is 5.91 Å². The van der Waals surface area contributed by atoms with Crippen LogP contribution >= 0.6 is 0 Å². The Hall–Kier alpha value is -1.55. The lowest BCUT2D eigenvalue weighted by Gasteiger charge is -2.28. The van der Waals surface area contributed by atoms with Crippen molar-refractivity contribution in [3.63, 3.8) is 0 Å². The number of carboxylic acids is 1. The van der Waals surface area contributed by atoms with Crippen molar-refractivity contribution < 1.29 is 39.9 Å². The van der Waals surface area contributed by atoms with Gasteiger partial charge in [-0.3, -0.25) is 14.4 Å². The summed E-state index contributed by atoms with van der Waals surface area (Å²) in [4.78, 5) is 33.1. The Balaban J connectivity index is 4.89. The van der Waals surface area contributed by atoms with Gasteiger partial charge in [0.25, 0.3) is 0 Å². The number of hydrogen-bond acceptors (Lipinski definition) is 7. The van der Waals surface area contributed by atoms with Crippen molar-refractivity contribution in [1.82, 2.24) is 5.32 Å². The number of carbonyl (C=O) groups is 3. The summed E-state index contributed by atoms with van der Waals surface area (Å²) in [6.45, 7) is 0.216. The van der Waals surface area contributed by atoms with Gasteiger partial charge in [-0.05, 0) is 0 Å². The molecule has 0 unspecified atom stereocenters. The molecule has 6 N–H and O–H groups in total. The minimum Gasteiger partial charge on any atom is -0.481 e. The van der Waals surface area contributed by atoms with Crippen LogP contribution in [0.3, 0.4) is 0 Å². The number of hydrogen-bond donors (Lipinski definition) is 6. The molecule has 0 aliphatic heterocycles. The molecule has 0 saturated heterocycles. The lowest BCUT2D eigenvalue weighted by molar-refractivity contribution is -0.141. The lowest BCUT2D eigenvalue weighted by atomic mass is 9.95. The van der Waals surface area contributed by atoms with E-state index in [0.29, 0.717) is 0 Å². The van der Waals surface area contributed by atoms with E-state index in [-0.39, 0.29) is 0 Å². The minimum atomic E-state index is -1.87. The van der Waals surface area contributed by atoms with Crippen LogP contribution in [0.15, 0.2) is 0 Å². The molecule has 0 bridgehead atoms. The maximum atomic E-state index is 11.7. The molecule has 116 valence electrons. The summed E-state index contributed by atoms with van der Waals surface area (Å²) < 4.78 is 0. The number of rotatable bonds is 9. The van der Waals surface area contributed by atoms with Crippen LogP contribution in [-0.2, 0) is 14.4 Å². The van der Waals surface area contributed by atoms with Crippen molar-refractivity contribution in [1.29, 1.82) is 0 Å². The van der Waals surface area contributed by atoms with E-state index in [1.54, 1.807) is 0 Å². The molecule has 0 spiro atoms. The molecule has 0 radical (unpaired) electrons. The molecule has 0 heterocycles. The standard InChI is InChI=1S/C11H19NO8/c1-5(14)12-9(6(15)2-3-8(17)18)11(20)10(19)7(16)4-13/h7,9-11,13,16,19-20H,2-4H2,1H3,(H,12,14)(H,17,18)/t7-,9+,10-,11-/m1/s1. The van der Waals surface area contributed by atoms with Crippen LogP contribution in [-0.4, -0.2) is 74.2 Å². The molecule has 0 aliphatic carbocycles. The number of ketones is 1. The Bertz CT molecular complexity index is 358. The Kier molecular flexibility index (Phi) is 7.92. The van der Waals surface area contributed by atoms with Crippen molar-refractivity contribution in [2.75, 3.05) is 6.61 Å². The highest BCUT2D eigenvalue weighted by atomic mass is 16.4. The Morgan fingerprint density at radius 1 is 1.05 bits per heavy atom. The van der Waals surface area contributed by atoms with Crippen LogP contribution in [0.25, 0.3) is 0 Å². The predicted octanol–water partition coefficient (Wildman–Crippen LogP) is -3.00. The summed E-state index contributed by atoms with van der Waals surface area (Å²) in [7, 11) is 0. The van der Waals surface area contributed by atoms with Crippen LogP contribution in [0.2, 0.25) is 0 Å². The summed E-state index contributed by atoms with van der Waals surface area (Å²) in [5.74, 6) is -2.71. The fourth-order valence-electron chi connectivity index (χ4n) is 1.49. The van der Waals surface area contributed by atoms with Gasteiger partial charge < -0.3 is 30.8 Å². The van der Waals surface area contributed by atoms with Gasteiger partial charge in [0.1, 0.15) is 24.4 Å². The number of carboxylic acid groups (broad SMARTS) is 1. The number of aliphatic hydroxyl groups excluding tert-OH is 4. The van der Waals surface area contributed by atoms with Gasteiger partial charge in [-0.15, -0.1) is 0 Å². The van der Waals surface area contributed by atoms with Crippen LogP contribution in [0.1, 0.15) is 19.8 Å². The number of carbonyl (C=O) groups excluding carboxylic acids is 2. The van der Waals surface area contributed by atoms with Gasteiger partial charge in [0, 0.05) is 13.3 Å². The number of amides is 1. The van der Waals surface area contributed by atoms with Crippen LogP contribution < -0.4 is 5.32 Å². The Labute approximate surface area is 114 Å². The third-order valence-electron chi connectivity index (χ3n) is 2.56. The summed E-state index contributed by atoms with van der Waals surface area (Å²) in [6.07, 6.45) is -6.40. The van der Waals surface area contributed by atoms with E-state index in [9.17, 15) is 29.7 Å². The van der Waals surface area contributed by atoms with E-state index in [0.717, 1.165) is 6.92 Å². The summed E-state index contributed by atoms with van der Waals surface area (Å²) >= 11 is 0. The SMILES string of the molecule is CC(=O)N[C@@H](C(=O)CCC(=O)O)[C@@H](O)[C@H](O)[C@H](O)CO. The van der Waals surface area contributed by atoms with Crippen molar-refractivity contribution in [2.24, 2.45) is 0 Å². The van der Waals surface area contributed by atoms with E-state index in [1.165, 1.54) is 0 Å². The maximum Gasteiger partial charge on any atom is 0.303 e. The molecule has 0 rings (SSSR count). The van der Waals surface area contributed by atoms with Gasteiger partial charge in [-0.25, -0.2) is 0 Å². The van der Waals surface area contributed by atoms with Crippen molar-refractivity contribution in [3.05, 3.63) is 0 Å². The zero-order valence-corrected chi connectivity index (χ0v) is 10.9. The predicted molar refractivity (Wildman–Crippen MR) is 64.6 cm³/mol. The molecule has 0 aromatic rings. The molecule has 1 amide bonds. The molecule has 0 saturated carbocycles. The van der Waals surface area contributed by atoms with E-state index in [2.05, 4.69) is 5.32 Å². The molecule has 0 aliphatic rings. The number of aliphatic carboxylic acids is 1. The second-order valence-electron chi connectivity index (χ2n) is 4.27. The van der Waals surface area contributed by atoms with Crippen LogP contribution in [0, 0.1) is 0 Å². The average Bonchev–Trinajstić information content (AvgIpc) is 2.39. The van der Waals surface area contributed by atoms with Gasteiger partial charge in [-0.2, -0.15) is 0 Å². The zero-order chi connectivity index (χ0) is 15.9. The first-order valence-corrected chi connectivity index (χ1v) is 5.87. The third-order valence-corrected chi connectivity index (χ3v) is 2.56. The van der Waals surface area contributed by atoms with Crippen molar-refractivity contribution >= 4 is 17.7 Å². The third kappa shape index (κ3) is 6.06. The topological polar surface area (TPSA) is 164 Å². The zero-order valence-electron chi connectivity index (χ0n) is 10.9. The fraction of sp³-hybridized carbons (Fsp3) is 0.727. The van der Waals surface area contributed by atoms with Gasteiger partial charge in [0.15, 0.2) is 5.78 Å². The second-order valence-corrected chi connectivity index (χ2v) is 4.27. The Morgan fingerprint density at radius 3 is 2.00 bits per heavy atom. The highest BCUT2D eigenvalue weighted by Crippen LogP contribution is 2.09. The smallest absolute Gasteiger partial charge is 0.303 e. The molecule has 4 atom stereocenters. The summed E-state index contributed by atoms with van der Waals surface area (Å²) in [5.41, 5.74) is 0. The molecule has 0 fully saturated rings. The Morgan fingerprint density at radius 2 is 1.60 bits per heavy atom. The molecule has 9 heteroatoms. The molecule has 0 aromatic heterocycles. The monoisotopic (exact) mass is 293 g/mol. The van der Waals surface area contributed by atoms with Crippen molar-refractivity contribution in [3.8, 4) is 0 Å². The number of Topliss-reactive ketones (excluding diaryl/α,β-unsaturated/α-hetero) is 1. The first-order valence-electron chi connectivity index (χ1n) is 5.87. The van der Waals surface area contributed by atoms with E-state index in [4.69, 9.17) is 10.2 Å². The highest BCUT2D eigenvalue weighted by molar-refractivity contribution is 5.90. The average molecular weight is 293 g/mol. The minimum absolute atomic E-state index is 0.459. The van der Waals surface area contributed by atoms with E-state index >= 15 is 0 Å². The lowest BCUT2D eigenvalue weighted by Crippen LogP contribution is -2.55. The normalized spacial score (nSPS) is 16.9. The molecule has 0 aromatic carbocycles. The van der Waals surface area contributed by atoms with Gasteiger partial charge in [0.05, 0.1) is 13.0 Å². The van der Waals surface area contributed by atoms with E-state index in [1.807, 2.05) is 0 Å². The second kappa shape index (κ2) is 8.59. The molecule has 20 heavy (non-hydrogen) atoms. The van der Waals surface area contributed by atoms with Gasteiger partial charge >= 0.3 is 5.97 Å². The number of aliphatic hydroxyl groups is 4. The molecule has 9 nitrogen and oxygen atoms in total. The quantitative estimate of drug-likeness (QED) is 0.262. The van der Waals surface area contributed by atoms with Crippen molar-refractivity contribution in [2.45, 2.75) is 44.1 Å². The summed E-state index contributed by atoms with van der Waals surface area (Å²) in [5, 5.41) is 47.7. The first kappa shape index (κ1) is 18.4. The summed E-state index contributed by atoms with van der Waals surface area (Å²) in [6, 6.07) is -1.57. The van der Waals surface area contributed by atoms with Crippen LogP contribution in [0.4, 0.5) is 0 Å². The largest absolute Gasteiger partial charge is 0.481 e. The maximum absolute atomic E-state index is 11.7. The molecular formula is C11H19NO8. The van der Waals surface area contributed by atoms with Crippen LogP contribution in [0.5, 0.6) is 0 Å². The molecular weight excluding hydrogens is 274 g/mol. The van der Waals surface area contributed by atoms with E-state index < -0.39 is 61.5 Å². The number of nitrogens with one attached hydrogen (secondary N) is 1.